The van der Waals surface area contributed by atoms with Crippen molar-refractivity contribution in [2.24, 2.45) is 0 Å². The fraction of sp³-hybridized carbons (Fsp3) is 0.556. The number of hydrogen-bond acceptors (Lipinski definition) is 5. The molecule has 0 unspecified atom stereocenters. The van der Waals surface area contributed by atoms with Gasteiger partial charge in [0.15, 0.2) is 5.69 Å². The molecule has 1 rings (SSSR count). The smallest absolute Gasteiger partial charge is 0.357 e. The Balaban J connectivity index is 2.55. The van der Waals surface area contributed by atoms with E-state index in [-0.39, 0.29) is 5.97 Å². The first-order valence-electron chi connectivity index (χ1n) is 4.39. The van der Waals surface area contributed by atoms with Gasteiger partial charge in [-0.2, -0.15) is 0 Å². The van der Waals surface area contributed by atoms with Crippen molar-refractivity contribution in [1.82, 2.24) is 10.3 Å². The molecule has 0 aromatic carbocycles. The van der Waals surface area contributed by atoms with E-state index in [1.165, 1.54) is 18.4 Å². The summed E-state index contributed by atoms with van der Waals surface area (Å²) in [7, 11) is 1.35. The van der Waals surface area contributed by atoms with E-state index in [4.69, 9.17) is 0 Å². The molecule has 0 saturated heterocycles. The monoisotopic (exact) mass is 214 g/mol. The zero-order valence-electron chi connectivity index (χ0n) is 8.53. The topological polar surface area (TPSA) is 51.2 Å². The average Bonchev–Trinajstić information content (AvgIpc) is 2.62. The Labute approximate surface area is 87.3 Å². The van der Waals surface area contributed by atoms with E-state index in [9.17, 15) is 4.79 Å². The summed E-state index contributed by atoms with van der Waals surface area (Å²) in [5.74, 6) is -0.378. The van der Waals surface area contributed by atoms with Gasteiger partial charge in [-0.25, -0.2) is 9.78 Å². The van der Waals surface area contributed by atoms with E-state index in [0.29, 0.717) is 18.3 Å². The van der Waals surface area contributed by atoms with Gasteiger partial charge in [-0.3, -0.25) is 0 Å². The first-order valence-corrected chi connectivity index (χ1v) is 5.27. The molecule has 1 N–H and O–H groups in total. The lowest BCUT2D eigenvalue weighted by Crippen LogP contribution is -2.21. The summed E-state index contributed by atoms with van der Waals surface area (Å²) in [6.45, 7) is 4.82. The zero-order chi connectivity index (χ0) is 10.6. The number of esters is 1. The Morgan fingerprint density at radius 3 is 3.00 bits per heavy atom. The van der Waals surface area contributed by atoms with Gasteiger partial charge < -0.3 is 10.1 Å². The van der Waals surface area contributed by atoms with Gasteiger partial charge in [0.2, 0.25) is 0 Å². The molecule has 0 fully saturated rings. The molecule has 0 bridgehead atoms. The van der Waals surface area contributed by atoms with Gasteiger partial charge in [0.1, 0.15) is 5.01 Å². The van der Waals surface area contributed by atoms with Gasteiger partial charge in [-0.05, 0) is 0 Å². The second-order valence-corrected chi connectivity index (χ2v) is 4.10. The number of hydrogen-bond donors (Lipinski definition) is 1. The molecule has 1 aromatic heterocycles. The van der Waals surface area contributed by atoms with Crippen LogP contribution in [0.3, 0.4) is 0 Å². The van der Waals surface area contributed by atoms with Gasteiger partial charge in [0.25, 0.3) is 0 Å². The van der Waals surface area contributed by atoms with Gasteiger partial charge >= 0.3 is 5.97 Å². The summed E-state index contributed by atoms with van der Waals surface area (Å²) in [6.07, 6.45) is 0. The van der Waals surface area contributed by atoms with Crippen molar-refractivity contribution < 1.29 is 9.53 Å². The Hall–Kier alpha value is -0.940. The highest BCUT2D eigenvalue weighted by atomic mass is 32.1. The van der Waals surface area contributed by atoms with Crippen LogP contribution in [0.15, 0.2) is 5.38 Å². The molecule has 14 heavy (non-hydrogen) atoms. The second-order valence-electron chi connectivity index (χ2n) is 3.15. The largest absolute Gasteiger partial charge is 0.464 e. The molecule has 5 heteroatoms. The molecule has 0 aliphatic rings. The van der Waals surface area contributed by atoms with Crippen molar-refractivity contribution >= 4 is 17.3 Å². The van der Waals surface area contributed by atoms with Crippen LogP contribution in [0.1, 0.15) is 29.3 Å². The van der Waals surface area contributed by atoms with Crippen LogP contribution in [0.2, 0.25) is 0 Å². The van der Waals surface area contributed by atoms with E-state index >= 15 is 0 Å². The molecular formula is C9H14N2O2S. The maximum atomic E-state index is 11.1. The fourth-order valence-corrected chi connectivity index (χ4v) is 1.60. The van der Waals surface area contributed by atoms with Crippen LogP contribution >= 0.6 is 11.3 Å². The predicted molar refractivity (Wildman–Crippen MR) is 55.4 cm³/mol. The third-order valence-electron chi connectivity index (χ3n) is 1.61. The van der Waals surface area contributed by atoms with E-state index in [1.807, 2.05) is 0 Å². The molecule has 1 aromatic rings. The van der Waals surface area contributed by atoms with E-state index in [2.05, 4.69) is 28.9 Å². The first-order chi connectivity index (χ1) is 6.63. The molecule has 4 nitrogen and oxygen atoms in total. The van der Waals surface area contributed by atoms with Crippen molar-refractivity contribution in [3.8, 4) is 0 Å². The Morgan fingerprint density at radius 2 is 2.43 bits per heavy atom. The van der Waals surface area contributed by atoms with Crippen LogP contribution in [-0.2, 0) is 11.3 Å². The minimum absolute atomic E-state index is 0.378. The maximum absolute atomic E-state index is 11.1. The highest BCUT2D eigenvalue weighted by molar-refractivity contribution is 7.09. The average molecular weight is 214 g/mol. The zero-order valence-corrected chi connectivity index (χ0v) is 9.35. The Bertz CT molecular complexity index is 310. The molecular weight excluding hydrogens is 200 g/mol. The van der Waals surface area contributed by atoms with Gasteiger partial charge in [-0.15, -0.1) is 11.3 Å². The van der Waals surface area contributed by atoms with Crippen molar-refractivity contribution in [2.45, 2.75) is 26.4 Å². The van der Waals surface area contributed by atoms with Gasteiger partial charge in [-0.1, -0.05) is 13.8 Å². The molecule has 0 spiro atoms. The molecule has 0 saturated carbocycles. The molecule has 0 radical (unpaired) electrons. The summed E-state index contributed by atoms with van der Waals surface area (Å²) < 4.78 is 4.56. The molecule has 0 aliphatic heterocycles. The Morgan fingerprint density at radius 1 is 1.71 bits per heavy atom. The third-order valence-corrected chi connectivity index (χ3v) is 2.46. The van der Waals surface area contributed by atoms with Gasteiger partial charge in [0, 0.05) is 18.0 Å². The fourth-order valence-electron chi connectivity index (χ4n) is 0.882. The van der Waals surface area contributed by atoms with Crippen LogP contribution in [0.4, 0.5) is 0 Å². The number of rotatable bonds is 4. The van der Waals surface area contributed by atoms with E-state index < -0.39 is 0 Å². The lowest BCUT2D eigenvalue weighted by Gasteiger charge is -2.04. The first kappa shape index (κ1) is 11.1. The Kier molecular flexibility index (Phi) is 4.03. The number of thiazole rings is 1. The highest BCUT2D eigenvalue weighted by Crippen LogP contribution is 2.10. The number of carbonyl (C=O) groups is 1. The summed E-state index contributed by atoms with van der Waals surface area (Å²) in [6, 6.07) is 0.417. The van der Waals surface area contributed by atoms with Crippen LogP contribution in [-0.4, -0.2) is 24.1 Å². The second kappa shape index (κ2) is 5.07. The summed E-state index contributed by atoms with van der Waals surface area (Å²) >= 11 is 1.46. The number of methoxy groups -OCH3 is 1. The number of nitrogens with one attached hydrogen (secondary N) is 1. The van der Waals surface area contributed by atoms with Crippen LogP contribution in [0.25, 0.3) is 0 Å². The number of ether oxygens (including phenoxy) is 1. The minimum atomic E-state index is -0.378. The number of carbonyl (C=O) groups excluding carboxylic acids is 1. The maximum Gasteiger partial charge on any atom is 0.357 e. The summed E-state index contributed by atoms with van der Waals surface area (Å²) in [5.41, 5.74) is 0.387. The predicted octanol–water partition coefficient (Wildman–Crippen LogP) is 1.43. The van der Waals surface area contributed by atoms with Crippen LogP contribution in [0, 0.1) is 0 Å². The molecule has 78 valence electrons. The summed E-state index contributed by atoms with van der Waals surface area (Å²) in [5, 5.41) is 5.84. The van der Waals surface area contributed by atoms with Crippen molar-refractivity contribution in [2.75, 3.05) is 7.11 Å². The van der Waals surface area contributed by atoms with Gasteiger partial charge in [0.05, 0.1) is 7.11 Å². The van der Waals surface area contributed by atoms with E-state index in [0.717, 1.165) is 5.01 Å². The van der Waals surface area contributed by atoms with Crippen LogP contribution in [0.5, 0.6) is 0 Å². The molecule has 0 atom stereocenters. The lowest BCUT2D eigenvalue weighted by atomic mass is 10.4. The molecule has 1 heterocycles. The standard InChI is InChI=1S/C9H14N2O2S/c1-6(2)10-4-8-11-7(5-14-8)9(12)13-3/h5-6,10H,4H2,1-3H3. The highest BCUT2D eigenvalue weighted by Gasteiger charge is 2.10. The quantitative estimate of drug-likeness (QED) is 0.770. The SMILES string of the molecule is COC(=O)c1csc(CNC(C)C)n1. The summed E-state index contributed by atoms with van der Waals surface area (Å²) in [4.78, 5) is 15.2. The van der Waals surface area contributed by atoms with Crippen molar-refractivity contribution in [3.05, 3.63) is 16.1 Å². The van der Waals surface area contributed by atoms with E-state index in [1.54, 1.807) is 5.38 Å². The van der Waals surface area contributed by atoms with Crippen molar-refractivity contribution in [3.63, 3.8) is 0 Å². The van der Waals surface area contributed by atoms with Crippen LogP contribution < -0.4 is 5.32 Å². The van der Waals surface area contributed by atoms with Crippen molar-refractivity contribution in [1.29, 1.82) is 0 Å². The molecule has 0 amide bonds. The lowest BCUT2D eigenvalue weighted by molar-refractivity contribution is 0.0594. The normalized spacial score (nSPS) is 10.6. The number of aromatic nitrogens is 1. The third kappa shape index (κ3) is 3.08. The molecule has 0 aliphatic carbocycles. The minimum Gasteiger partial charge on any atom is -0.464 e. The number of nitrogens with zero attached hydrogens (tertiary/aromatic N) is 1.